The fourth-order valence-corrected chi connectivity index (χ4v) is 5.53. The summed E-state index contributed by atoms with van der Waals surface area (Å²) in [5.41, 5.74) is 3.91. The number of carbonyl (C=O) groups excluding carboxylic acids is 1. The van der Waals surface area contributed by atoms with Crippen molar-refractivity contribution in [3.8, 4) is 0 Å². The van der Waals surface area contributed by atoms with Gasteiger partial charge in [-0.2, -0.15) is 0 Å². The molecule has 0 saturated carbocycles. The monoisotopic (exact) mass is 525 g/mol. The van der Waals surface area contributed by atoms with Crippen LogP contribution in [0.2, 0.25) is 5.02 Å². The summed E-state index contributed by atoms with van der Waals surface area (Å²) < 4.78 is 28.8. The molecule has 1 fully saturated rings. The number of anilines is 2. The summed E-state index contributed by atoms with van der Waals surface area (Å²) in [6, 6.07) is 19.9. The summed E-state index contributed by atoms with van der Waals surface area (Å²) in [7, 11) is -3.83. The van der Waals surface area contributed by atoms with Gasteiger partial charge >= 0.3 is 0 Å². The molecule has 1 N–H and O–H groups in total. The third-order valence-electron chi connectivity index (χ3n) is 6.53. The molecule has 1 heterocycles. The predicted molar refractivity (Wildman–Crippen MR) is 147 cm³/mol. The van der Waals surface area contributed by atoms with Crippen molar-refractivity contribution in [3.63, 3.8) is 0 Å². The summed E-state index contributed by atoms with van der Waals surface area (Å²) in [5, 5.41) is 0.691. The van der Waals surface area contributed by atoms with E-state index in [0.29, 0.717) is 42.5 Å². The largest absolute Gasteiger partial charge is 0.368 e. The molecule has 4 rings (SSSR count). The lowest BCUT2D eigenvalue weighted by atomic mass is 10.1. The summed E-state index contributed by atoms with van der Waals surface area (Å²) in [4.78, 5) is 17.4. The Morgan fingerprint density at radius 2 is 1.61 bits per heavy atom. The standard InChI is InChI=1S/C28H32ClN3O3S/c1-3-4-5-22-7-11-24(12-8-22)30-36(34,35)26-15-6-21(2)27(20-26)28(33)32-18-16-31(17-19-32)25-13-9-23(29)10-14-25/h6-15,20,30H,3-5,16-19H2,1-2H3. The Bertz CT molecular complexity index is 1300. The normalized spacial score (nSPS) is 14.1. The third kappa shape index (κ3) is 6.20. The molecule has 1 saturated heterocycles. The van der Waals surface area contributed by atoms with Gasteiger partial charge in [-0.05, 0) is 79.4 Å². The van der Waals surface area contributed by atoms with Crippen LogP contribution in [0.4, 0.5) is 11.4 Å². The number of nitrogens with one attached hydrogen (secondary N) is 1. The van der Waals surface area contributed by atoms with Crippen LogP contribution in [0.3, 0.4) is 0 Å². The highest BCUT2D eigenvalue weighted by Crippen LogP contribution is 2.23. The zero-order chi connectivity index (χ0) is 25.7. The van der Waals surface area contributed by atoms with Crippen LogP contribution in [0.15, 0.2) is 71.6 Å². The highest BCUT2D eigenvalue weighted by molar-refractivity contribution is 7.92. The van der Waals surface area contributed by atoms with Gasteiger partial charge in [0.05, 0.1) is 4.90 Å². The fourth-order valence-electron chi connectivity index (χ4n) is 4.32. The molecule has 0 spiro atoms. The maximum atomic E-state index is 13.3. The minimum absolute atomic E-state index is 0.0753. The van der Waals surface area contributed by atoms with Gasteiger partial charge < -0.3 is 9.80 Å². The van der Waals surface area contributed by atoms with E-state index in [-0.39, 0.29) is 10.8 Å². The van der Waals surface area contributed by atoms with E-state index in [1.165, 1.54) is 11.6 Å². The van der Waals surface area contributed by atoms with Crippen LogP contribution in [-0.2, 0) is 16.4 Å². The SMILES string of the molecule is CCCCc1ccc(NS(=O)(=O)c2ccc(C)c(C(=O)N3CCN(c4ccc(Cl)cc4)CC3)c2)cc1. The van der Waals surface area contributed by atoms with Crippen LogP contribution in [-0.4, -0.2) is 45.4 Å². The van der Waals surface area contributed by atoms with Crippen molar-refractivity contribution < 1.29 is 13.2 Å². The number of amides is 1. The molecular weight excluding hydrogens is 494 g/mol. The molecule has 0 radical (unpaired) electrons. The van der Waals surface area contributed by atoms with E-state index in [2.05, 4.69) is 16.5 Å². The number of aryl methyl sites for hydroxylation is 2. The minimum atomic E-state index is -3.83. The molecule has 3 aromatic carbocycles. The van der Waals surface area contributed by atoms with Gasteiger partial charge in [0, 0.05) is 48.1 Å². The second-order valence-corrected chi connectivity index (χ2v) is 11.3. The molecule has 0 bridgehead atoms. The number of halogens is 1. The summed E-state index contributed by atoms with van der Waals surface area (Å²) in [6.45, 7) is 6.47. The van der Waals surface area contributed by atoms with Crippen LogP contribution < -0.4 is 9.62 Å². The lowest BCUT2D eigenvalue weighted by molar-refractivity contribution is 0.0746. The molecule has 0 unspecified atom stereocenters. The number of sulfonamides is 1. The van der Waals surface area contributed by atoms with E-state index in [1.807, 2.05) is 43.3 Å². The molecular formula is C28H32ClN3O3S. The molecule has 1 amide bonds. The first kappa shape index (κ1) is 26.0. The maximum Gasteiger partial charge on any atom is 0.261 e. The van der Waals surface area contributed by atoms with Crippen LogP contribution in [0, 0.1) is 6.92 Å². The quantitative estimate of drug-likeness (QED) is 0.406. The molecule has 36 heavy (non-hydrogen) atoms. The Hall–Kier alpha value is -3.03. The average molecular weight is 526 g/mol. The number of rotatable bonds is 8. The highest BCUT2D eigenvalue weighted by atomic mass is 35.5. The van der Waals surface area contributed by atoms with Gasteiger partial charge in [0.15, 0.2) is 0 Å². The van der Waals surface area contributed by atoms with Crippen molar-refractivity contribution in [2.24, 2.45) is 0 Å². The molecule has 6 nitrogen and oxygen atoms in total. The Morgan fingerprint density at radius 3 is 2.25 bits per heavy atom. The van der Waals surface area contributed by atoms with E-state index in [1.54, 1.807) is 29.2 Å². The second-order valence-electron chi connectivity index (χ2n) is 9.14. The average Bonchev–Trinajstić information content (AvgIpc) is 2.88. The molecule has 190 valence electrons. The van der Waals surface area contributed by atoms with Crippen LogP contribution in [0.5, 0.6) is 0 Å². The van der Waals surface area contributed by atoms with E-state index in [0.717, 1.165) is 30.5 Å². The smallest absolute Gasteiger partial charge is 0.261 e. The van der Waals surface area contributed by atoms with Gasteiger partial charge in [-0.25, -0.2) is 8.42 Å². The lowest BCUT2D eigenvalue weighted by Gasteiger charge is -2.36. The molecule has 8 heteroatoms. The number of carbonyl (C=O) groups is 1. The topological polar surface area (TPSA) is 69.7 Å². The van der Waals surface area contributed by atoms with E-state index >= 15 is 0 Å². The number of hydrogen-bond donors (Lipinski definition) is 1. The maximum absolute atomic E-state index is 13.3. The lowest BCUT2D eigenvalue weighted by Crippen LogP contribution is -2.49. The predicted octanol–water partition coefficient (Wildman–Crippen LogP) is 5.75. The van der Waals surface area contributed by atoms with Gasteiger partial charge in [-0.15, -0.1) is 0 Å². The van der Waals surface area contributed by atoms with Crippen molar-refractivity contribution in [2.45, 2.75) is 38.0 Å². The molecule has 0 atom stereocenters. The number of unbranched alkanes of at least 4 members (excludes halogenated alkanes) is 1. The van der Waals surface area contributed by atoms with Crippen LogP contribution >= 0.6 is 11.6 Å². The van der Waals surface area contributed by atoms with Crippen molar-refractivity contribution >= 4 is 38.9 Å². The second kappa shape index (κ2) is 11.4. The zero-order valence-corrected chi connectivity index (χ0v) is 22.3. The van der Waals surface area contributed by atoms with Gasteiger partial charge in [0.25, 0.3) is 15.9 Å². The van der Waals surface area contributed by atoms with Crippen molar-refractivity contribution in [1.29, 1.82) is 0 Å². The van der Waals surface area contributed by atoms with Crippen LogP contribution in [0.1, 0.15) is 41.3 Å². The van der Waals surface area contributed by atoms with Crippen molar-refractivity contribution in [3.05, 3.63) is 88.4 Å². The van der Waals surface area contributed by atoms with Crippen LogP contribution in [0.25, 0.3) is 0 Å². The van der Waals surface area contributed by atoms with E-state index in [4.69, 9.17) is 11.6 Å². The molecule has 0 aliphatic carbocycles. The zero-order valence-electron chi connectivity index (χ0n) is 20.7. The summed E-state index contributed by atoms with van der Waals surface area (Å²) in [6.07, 6.45) is 3.18. The van der Waals surface area contributed by atoms with Gasteiger partial charge in [-0.1, -0.05) is 43.1 Å². The van der Waals surface area contributed by atoms with Gasteiger partial charge in [0.2, 0.25) is 0 Å². The first-order valence-corrected chi connectivity index (χ1v) is 14.1. The van der Waals surface area contributed by atoms with E-state index < -0.39 is 10.0 Å². The summed E-state index contributed by atoms with van der Waals surface area (Å²) >= 11 is 5.99. The fraction of sp³-hybridized carbons (Fsp3) is 0.321. The Balaban J connectivity index is 1.44. The number of piperazine rings is 1. The summed E-state index contributed by atoms with van der Waals surface area (Å²) in [5.74, 6) is -0.152. The highest BCUT2D eigenvalue weighted by Gasteiger charge is 2.25. The Labute approximate surface area is 218 Å². The minimum Gasteiger partial charge on any atom is -0.368 e. The number of benzene rings is 3. The van der Waals surface area contributed by atoms with E-state index in [9.17, 15) is 13.2 Å². The first-order valence-electron chi connectivity index (χ1n) is 12.3. The first-order chi connectivity index (χ1) is 17.3. The third-order valence-corrected chi connectivity index (χ3v) is 8.16. The number of nitrogens with zero attached hydrogens (tertiary/aromatic N) is 2. The molecule has 3 aromatic rings. The van der Waals surface area contributed by atoms with Gasteiger partial charge in [0.1, 0.15) is 0 Å². The molecule has 0 aromatic heterocycles. The molecule has 1 aliphatic heterocycles. The Morgan fingerprint density at radius 1 is 0.944 bits per heavy atom. The Kier molecular flexibility index (Phi) is 8.21. The van der Waals surface area contributed by atoms with Gasteiger partial charge in [-0.3, -0.25) is 9.52 Å². The number of hydrogen-bond acceptors (Lipinski definition) is 4. The van der Waals surface area contributed by atoms with Crippen molar-refractivity contribution in [2.75, 3.05) is 35.8 Å². The molecule has 1 aliphatic rings. The van der Waals surface area contributed by atoms with Crippen molar-refractivity contribution in [1.82, 2.24) is 4.90 Å².